The quantitative estimate of drug-likeness (QED) is 0.0418. The Kier molecular flexibility index (Phi) is 48.1. The van der Waals surface area contributed by atoms with Crippen LogP contribution >= 0.6 is 0 Å². The van der Waals surface area contributed by atoms with Gasteiger partial charge in [-0.05, 0) is 20.3 Å². The van der Waals surface area contributed by atoms with Crippen LogP contribution in [0.3, 0.4) is 0 Å². The number of carbonyl (C=O) groups excluding carboxylic acids is 1. The highest BCUT2D eigenvalue weighted by atomic mass is 16.5. The highest BCUT2D eigenvalue weighted by molar-refractivity contribution is 5.86. The van der Waals surface area contributed by atoms with Crippen LogP contribution in [0.5, 0.6) is 0 Å². The molecule has 0 unspecified atom stereocenters. The second-order valence-corrected chi connectivity index (χ2v) is 14.3. The molecule has 0 rings (SSSR count). The maximum Gasteiger partial charge on any atom is 0.333 e. The van der Waals surface area contributed by atoms with Gasteiger partial charge in [-0.3, -0.25) is 0 Å². The van der Waals surface area contributed by atoms with Crippen LogP contribution < -0.4 is 0 Å². The van der Waals surface area contributed by atoms with Crippen LogP contribution in [0.25, 0.3) is 0 Å². The molecule has 0 aliphatic carbocycles. The van der Waals surface area contributed by atoms with Gasteiger partial charge in [0.2, 0.25) is 0 Å². The standard InChI is InChI=1S/C22H42O2.C18H38.C4H6O2/c1-4-5-6-7-8-9-10-11-12-13-14-15-16-17-18-19-20-24-22(23)21(2)3;1-3-5-7-9-11-13-15-17-18-16-14-12-10-8-6-4-2;1-3(2)4(5)6/h2,4-20H2,1,3H3;3-18H2,1-2H3;1H2,2H3,(H,5,6). The van der Waals surface area contributed by atoms with Crippen LogP contribution in [-0.2, 0) is 14.3 Å². The van der Waals surface area contributed by atoms with Gasteiger partial charge in [-0.1, -0.05) is 233 Å². The third-order valence-corrected chi connectivity index (χ3v) is 8.90. The molecule has 1 N–H and O–H groups in total. The highest BCUT2D eigenvalue weighted by Gasteiger charge is 2.02. The van der Waals surface area contributed by atoms with Crippen molar-refractivity contribution in [3.8, 4) is 0 Å². The molecular formula is C44H86O4. The van der Waals surface area contributed by atoms with Crippen LogP contribution in [0.1, 0.15) is 240 Å². The van der Waals surface area contributed by atoms with E-state index in [2.05, 4.69) is 33.9 Å². The zero-order valence-corrected chi connectivity index (χ0v) is 33.4. The number of carbonyl (C=O) groups is 2. The van der Waals surface area contributed by atoms with Crippen molar-refractivity contribution >= 4 is 11.9 Å². The van der Waals surface area contributed by atoms with Gasteiger partial charge in [0.05, 0.1) is 6.61 Å². The lowest BCUT2D eigenvalue weighted by Gasteiger charge is -2.05. The first kappa shape index (κ1) is 50.8. The molecule has 0 bridgehead atoms. The minimum absolute atomic E-state index is 0.176. The molecule has 0 spiro atoms. The number of aliphatic carboxylic acids is 1. The van der Waals surface area contributed by atoms with Gasteiger partial charge >= 0.3 is 11.9 Å². The summed E-state index contributed by atoms with van der Waals surface area (Å²) in [6.45, 7) is 17.3. The molecule has 0 heterocycles. The van der Waals surface area contributed by atoms with Crippen molar-refractivity contribution in [1.82, 2.24) is 0 Å². The molecule has 0 aromatic rings. The molecule has 48 heavy (non-hydrogen) atoms. The van der Waals surface area contributed by atoms with E-state index in [9.17, 15) is 9.59 Å². The maximum atomic E-state index is 11.2. The predicted molar refractivity (Wildman–Crippen MR) is 213 cm³/mol. The Hall–Kier alpha value is -1.58. The van der Waals surface area contributed by atoms with Crippen molar-refractivity contribution in [2.24, 2.45) is 0 Å². The normalized spacial score (nSPS) is 10.4. The van der Waals surface area contributed by atoms with Crippen molar-refractivity contribution in [1.29, 1.82) is 0 Å². The Morgan fingerprint density at radius 3 is 0.750 bits per heavy atom. The summed E-state index contributed by atoms with van der Waals surface area (Å²) in [5.74, 6) is -1.19. The summed E-state index contributed by atoms with van der Waals surface area (Å²) >= 11 is 0. The first-order valence-electron chi connectivity index (χ1n) is 21.0. The molecule has 286 valence electrons. The summed E-state index contributed by atoms with van der Waals surface area (Å²) in [5.41, 5.74) is 0.668. The Morgan fingerprint density at radius 1 is 0.396 bits per heavy atom. The average molecular weight is 679 g/mol. The zero-order valence-electron chi connectivity index (χ0n) is 33.4. The first-order valence-corrected chi connectivity index (χ1v) is 21.0. The fourth-order valence-corrected chi connectivity index (χ4v) is 5.56. The van der Waals surface area contributed by atoms with E-state index in [1.165, 1.54) is 206 Å². The third-order valence-electron chi connectivity index (χ3n) is 8.90. The fraction of sp³-hybridized carbons (Fsp3) is 0.864. The van der Waals surface area contributed by atoms with Crippen molar-refractivity contribution < 1.29 is 19.4 Å². The lowest BCUT2D eigenvalue weighted by molar-refractivity contribution is -0.139. The van der Waals surface area contributed by atoms with E-state index in [4.69, 9.17) is 9.84 Å². The van der Waals surface area contributed by atoms with Gasteiger partial charge in [0.25, 0.3) is 0 Å². The van der Waals surface area contributed by atoms with E-state index < -0.39 is 5.97 Å². The highest BCUT2D eigenvalue weighted by Crippen LogP contribution is 2.15. The minimum atomic E-state index is -0.935. The van der Waals surface area contributed by atoms with E-state index >= 15 is 0 Å². The predicted octanol–water partition coefficient (Wildman–Crippen LogP) is 15.3. The summed E-state index contributed by atoms with van der Waals surface area (Å²) < 4.78 is 5.08. The van der Waals surface area contributed by atoms with Crippen molar-refractivity contribution in [2.75, 3.05) is 6.61 Å². The second-order valence-electron chi connectivity index (χ2n) is 14.3. The van der Waals surface area contributed by atoms with Gasteiger partial charge in [0.1, 0.15) is 0 Å². The van der Waals surface area contributed by atoms with Gasteiger partial charge in [-0.2, -0.15) is 0 Å². The molecule has 0 atom stereocenters. The lowest BCUT2D eigenvalue weighted by Crippen LogP contribution is -2.05. The number of hydrogen-bond donors (Lipinski definition) is 1. The van der Waals surface area contributed by atoms with E-state index in [1.807, 2.05) is 0 Å². The summed E-state index contributed by atoms with van der Waals surface area (Å²) in [6, 6.07) is 0. The smallest absolute Gasteiger partial charge is 0.333 e. The Labute approximate surface area is 301 Å². The molecular weight excluding hydrogens is 592 g/mol. The molecule has 0 saturated carbocycles. The fourth-order valence-electron chi connectivity index (χ4n) is 5.56. The van der Waals surface area contributed by atoms with E-state index in [0.29, 0.717) is 12.2 Å². The van der Waals surface area contributed by atoms with Crippen LogP contribution in [0.15, 0.2) is 24.3 Å². The first-order chi connectivity index (χ1) is 23.2. The van der Waals surface area contributed by atoms with Crippen molar-refractivity contribution in [3.63, 3.8) is 0 Å². The Balaban J connectivity index is -0.000000740. The second kappa shape index (κ2) is 45.4. The van der Waals surface area contributed by atoms with Gasteiger partial charge in [-0.25, -0.2) is 9.59 Å². The number of carboxylic acid groups (broad SMARTS) is 1. The average Bonchev–Trinajstić information content (AvgIpc) is 3.06. The van der Waals surface area contributed by atoms with E-state index in [-0.39, 0.29) is 11.5 Å². The minimum Gasteiger partial charge on any atom is -0.478 e. The van der Waals surface area contributed by atoms with Crippen LogP contribution in [0.2, 0.25) is 0 Å². The van der Waals surface area contributed by atoms with Gasteiger partial charge in [-0.15, -0.1) is 0 Å². The molecule has 0 aromatic heterocycles. The maximum absolute atomic E-state index is 11.2. The van der Waals surface area contributed by atoms with Gasteiger partial charge in [0.15, 0.2) is 0 Å². The number of carboxylic acids is 1. The molecule has 0 fully saturated rings. The third kappa shape index (κ3) is 51.3. The van der Waals surface area contributed by atoms with Crippen molar-refractivity contribution in [2.45, 2.75) is 240 Å². The Morgan fingerprint density at radius 2 is 0.583 bits per heavy atom. The monoisotopic (exact) mass is 679 g/mol. The molecule has 0 amide bonds. The number of esters is 1. The topological polar surface area (TPSA) is 63.6 Å². The van der Waals surface area contributed by atoms with Crippen LogP contribution in [0.4, 0.5) is 0 Å². The lowest BCUT2D eigenvalue weighted by atomic mass is 10.0. The van der Waals surface area contributed by atoms with Crippen LogP contribution in [-0.4, -0.2) is 23.7 Å². The van der Waals surface area contributed by atoms with E-state index in [1.54, 1.807) is 6.92 Å². The molecule has 0 aromatic carbocycles. The molecule has 4 heteroatoms. The SMILES string of the molecule is C=C(C)C(=O)O.C=C(C)C(=O)OCCCCCCCCCCCCCCCCCC.CCCCCCCCCCCCCCCCCC. The number of unbranched alkanes of at least 4 members (excludes halogenated alkanes) is 30. The largest absolute Gasteiger partial charge is 0.478 e. The Bertz CT molecular complexity index is 655. The zero-order chi connectivity index (χ0) is 36.4. The number of hydrogen-bond acceptors (Lipinski definition) is 3. The summed E-state index contributed by atoms with van der Waals surface area (Å²) in [5, 5.41) is 7.89. The van der Waals surface area contributed by atoms with Gasteiger partial charge < -0.3 is 9.84 Å². The molecule has 0 aliphatic rings. The molecule has 0 saturated heterocycles. The summed E-state index contributed by atoms with van der Waals surface area (Å²) in [4.78, 5) is 20.8. The van der Waals surface area contributed by atoms with E-state index in [0.717, 1.165) is 6.42 Å². The van der Waals surface area contributed by atoms with Gasteiger partial charge in [0, 0.05) is 11.1 Å². The molecule has 0 radical (unpaired) electrons. The summed E-state index contributed by atoms with van der Waals surface area (Å²) in [7, 11) is 0. The number of rotatable bonds is 34. The van der Waals surface area contributed by atoms with Crippen molar-refractivity contribution in [3.05, 3.63) is 24.3 Å². The molecule has 0 aliphatic heterocycles. The number of ether oxygens (including phenoxy) is 1. The molecule has 4 nitrogen and oxygen atoms in total. The van der Waals surface area contributed by atoms with Crippen LogP contribution in [0, 0.1) is 0 Å². The summed E-state index contributed by atoms with van der Waals surface area (Å²) in [6.07, 6.45) is 45.2.